The van der Waals surface area contributed by atoms with Gasteiger partial charge < -0.3 is 4.74 Å². The summed E-state index contributed by atoms with van der Waals surface area (Å²) in [6, 6.07) is 1.73. The van der Waals surface area contributed by atoms with Crippen molar-refractivity contribution in [3.05, 3.63) is 28.9 Å². The molecule has 1 heterocycles. The summed E-state index contributed by atoms with van der Waals surface area (Å²) in [7, 11) is 1.63. The second-order valence-electron chi connectivity index (χ2n) is 3.49. The average Bonchev–Trinajstić information content (AvgIpc) is 2.09. The van der Waals surface area contributed by atoms with Crippen LogP contribution in [-0.2, 0) is 11.3 Å². The van der Waals surface area contributed by atoms with Crippen molar-refractivity contribution in [1.82, 2.24) is 9.55 Å². The largest absolute Gasteiger partial charge is 0.377 e. The Bertz CT molecular complexity index is 330. The fourth-order valence-electron chi connectivity index (χ4n) is 0.982. The number of ether oxygens (including phenoxy) is 1. The molecule has 0 aliphatic rings. The molecule has 0 saturated carbocycles. The normalized spacial score (nSPS) is 11.6. The molecule has 1 aromatic heterocycles. The Morgan fingerprint density at radius 2 is 2.31 bits per heavy atom. The van der Waals surface area contributed by atoms with Crippen LogP contribution in [0.1, 0.15) is 13.8 Å². The van der Waals surface area contributed by atoms with Crippen LogP contribution in [0.4, 0.5) is 0 Å². The summed E-state index contributed by atoms with van der Waals surface area (Å²) in [4.78, 5) is 14.9. The predicted molar refractivity (Wildman–Crippen MR) is 49.6 cm³/mol. The molecule has 13 heavy (non-hydrogen) atoms. The van der Waals surface area contributed by atoms with Gasteiger partial charge in [0.1, 0.15) is 0 Å². The molecule has 4 nitrogen and oxygen atoms in total. The molecule has 0 aliphatic carbocycles. The van der Waals surface area contributed by atoms with Crippen LogP contribution in [0.15, 0.2) is 23.3 Å². The van der Waals surface area contributed by atoms with Crippen molar-refractivity contribution in [1.29, 1.82) is 0 Å². The van der Waals surface area contributed by atoms with Gasteiger partial charge in [0.2, 0.25) is 0 Å². The minimum atomic E-state index is -0.340. The summed E-state index contributed by atoms with van der Waals surface area (Å²) < 4.78 is 6.74. The first kappa shape index (κ1) is 9.92. The van der Waals surface area contributed by atoms with Crippen LogP contribution in [0.5, 0.6) is 0 Å². The lowest BCUT2D eigenvalue weighted by atomic mass is 10.1. The van der Waals surface area contributed by atoms with E-state index in [4.69, 9.17) is 4.74 Å². The van der Waals surface area contributed by atoms with E-state index in [-0.39, 0.29) is 11.3 Å². The molecule has 0 atom stereocenters. The monoisotopic (exact) mass is 182 g/mol. The molecule has 4 heteroatoms. The molecule has 0 aliphatic heterocycles. The molecule has 1 aromatic rings. The third kappa shape index (κ3) is 2.66. The molecule has 0 N–H and O–H groups in total. The highest BCUT2D eigenvalue weighted by molar-refractivity contribution is 4.83. The minimum absolute atomic E-state index is 0.243. The lowest BCUT2D eigenvalue weighted by Crippen LogP contribution is -2.34. The fraction of sp³-hybridized carbons (Fsp3) is 0.556. The standard InChI is InChI=1S/C9H14N2O2/c1-9(2,13-3)7-11-6-4-5-10-8(11)12/h4-6H,7H2,1-3H3. The molecule has 0 fully saturated rings. The van der Waals surface area contributed by atoms with Crippen LogP contribution in [0.25, 0.3) is 0 Å². The zero-order valence-electron chi connectivity index (χ0n) is 8.15. The first-order valence-electron chi connectivity index (χ1n) is 4.12. The summed E-state index contributed by atoms with van der Waals surface area (Å²) in [6.07, 6.45) is 3.19. The Labute approximate surface area is 77.2 Å². The van der Waals surface area contributed by atoms with Crippen LogP contribution >= 0.6 is 0 Å². The molecular formula is C9H14N2O2. The number of methoxy groups -OCH3 is 1. The fourth-order valence-corrected chi connectivity index (χ4v) is 0.982. The Morgan fingerprint density at radius 3 is 2.85 bits per heavy atom. The molecule has 0 aromatic carbocycles. The van der Waals surface area contributed by atoms with Crippen molar-refractivity contribution in [2.24, 2.45) is 0 Å². The zero-order chi connectivity index (χ0) is 9.90. The zero-order valence-corrected chi connectivity index (χ0v) is 8.15. The van der Waals surface area contributed by atoms with Crippen LogP contribution in [0.3, 0.4) is 0 Å². The molecule has 0 unspecified atom stereocenters. The van der Waals surface area contributed by atoms with Gasteiger partial charge in [-0.2, -0.15) is 0 Å². The highest BCUT2D eigenvalue weighted by Gasteiger charge is 2.17. The molecule has 0 bridgehead atoms. The van der Waals surface area contributed by atoms with Gasteiger partial charge in [0.15, 0.2) is 0 Å². The van der Waals surface area contributed by atoms with E-state index in [0.29, 0.717) is 6.54 Å². The number of rotatable bonds is 3. The van der Waals surface area contributed by atoms with Crippen molar-refractivity contribution in [3.8, 4) is 0 Å². The van der Waals surface area contributed by atoms with Gasteiger partial charge in [0.05, 0.1) is 12.1 Å². The number of aromatic nitrogens is 2. The van der Waals surface area contributed by atoms with E-state index in [9.17, 15) is 4.79 Å². The van der Waals surface area contributed by atoms with Crippen LogP contribution in [0, 0.1) is 0 Å². The van der Waals surface area contributed by atoms with Crippen molar-refractivity contribution in [2.45, 2.75) is 26.0 Å². The van der Waals surface area contributed by atoms with E-state index < -0.39 is 0 Å². The van der Waals surface area contributed by atoms with Crippen LogP contribution in [-0.4, -0.2) is 22.3 Å². The summed E-state index contributed by atoms with van der Waals surface area (Å²) in [5.74, 6) is 0. The van der Waals surface area contributed by atoms with Crippen molar-refractivity contribution in [3.63, 3.8) is 0 Å². The highest BCUT2D eigenvalue weighted by atomic mass is 16.5. The molecule has 0 amide bonds. The Hall–Kier alpha value is -1.16. The van der Waals surface area contributed by atoms with E-state index in [2.05, 4.69) is 4.98 Å². The van der Waals surface area contributed by atoms with Crippen LogP contribution < -0.4 is 5.69 Å². The molecule has 0 spiro atoms. The number of hydrogen-bond acceptors (Lipinski definition) is 3. The van der Waals surface area contributed by atoms with Gasteiger partial charge in [0.25, 0.3) is 0 Å². The molecular weight excluding hydrogens is 168 g/mol. The number of nitrogens with zero attached hydrogens (tertiary/aromatic N) is 2. The maximum absolute atomic E-state index is 11.2. The van der Waals surface area contributed by atoms with Crippen LogP contribution in [0.2, 0.25) is 0 Å². The van der Waals surface area contributed by atoms with E-state index in [1.807, 2.05) is 13.8 Å². The molecule has 1 rings (SSSR count). The first-order chi connectivity index (χ1) is 6.05. The van der Waals surface area contributed by atoms with Crippen molar-refractivity contribution < 1.29 is 4.74 Å². The Balaban J connectivity index is 2.87. The Kier molecular flexibility index (Phi) is 2.83. The van der Waals surface area contributed by atoms with E-state index in [1.165, 1.54) is 10.8 Å². The van der Waals surface area contributed by atoms with Gasteiger partial charge in [-0.15, -0.1) is 0 Å². The summed E-state index contributed by atoms with van der Waals surface area (Å²) in [5, 5.41) is 0. The topological polar surface area (TPSA) is 44.1 Å². The SMILES string of the molecule is COC(C)(C)Cn1cccnc1=O. The minimum Gasteiger partial charge on any atom is -0.377 e. The summed E-state index contributed by atoms with van der Waals surface area (Å²) >= 11 is 0. The lowest BCUT2D eigenvalue weighted by molar-refractivity contribution is 0.00708. The lowest BCUT2D eigenvalue weighted by Gasteiger charge is -2.23. The van der Waals surface area contributed by atoms with Gasteiger partial charge in [-0.25, -0.2) is 9.78 Å². The first-order valence-corrected chi connectivity index (χ1v) is 4.12. The van der Waals surface area contributed by atoms with Gasteiger partial charge in [0, 0.05) is 19.5 Å². The average molecular weight is 182 g/mol. The van der Waals surface area contributed by atoms with Gasteiger partial charge in [-0.05, 0) is 19.9 Å². The predicted octanol–water partition coefficient (Wildman–Crippen LogP) is 0.668. The summed E-state index contributed by atoms with van der Waals surface area (Å²) in [6.45, 7) is 4.36. The smallest absolute Gasteiger partial charge is 0.347 e. The van der Waals surface area contributed by atoms with Gasteiger partial charge >= 0.3 is 5.69 Å². The molecule has 0 radical (unpaired) electrons. The maximum atomic E-state index is 11.2. The number of hydrogen-bond donors (Lipinski definition) is 0. The van der Waals surface area contributed by atoms with Crippen molar-refractivity contribution >= 4 is 0 Å². The molecule has 0 saturated heterocycles. The van der Waals surface area contributed by atoms with E-state index in [1.54, 1.807) is 19.4 Å². The third-order valence-corrected chi connectivity index (χ3v) is 1.89. The quantitative estimate of drug-likeness (QED) is 0.690. The van der Waals surface area contributed by atoms with E-state index in [0.717, 1.165) is 0 Å². The second kappa shape index (κ2) is 3.70. The van der Waals surface area contributed by atoms with Gasteiger partial charge in [-0.3, -0.25) is 4.57 Å². The van der Waals surface area contributed by atoms with Crippen molar-refractivity contribution in [2.75, 3.05) is 7.11 Å². The second-order valence-corrected chi connectivity index (χ2v) is 3.49. The van der Waals surface area contributed by atoms with Gasteiger partial charge in [-0.1, -0.05) is 0 Å². The molecule has 72 valence electrons. The highest BCUT2D eigenvalue weighted by Crippen LogP contribution is 2.08. The third-order valence-electron chi connectivity index (χ3n) is 1.89. The van der Waals surface area contributed by atoms with E-state index >= 15 is 0 Å². The Morgan fingerprint density at radius 1 is 1.62 bits per heavy atom. The maximum Gasteiger partial charge on any atom is 0.347 e. The summed E-state index contributed by atoms with van der Waals surface area (Å²) in [5.41, 5.74) is -0.583.